The van der Waals surface area contributed by atoms with Crippen molar-refractivity contribution in [2.24, 2.45) is 5.73 Å². The second-order valence-corrected chi connectivity index (χ2v) is 4.63. The second-order valence-electron chi connectivity index (χ2n) is 4.19. The summed E-state index contributed by atoms with van der Waals surface area (Å²) in [6, 6.07) is 4.22. The van der Waals surface area contributed by atoms with Gasteiger partial charge in [0, 0.05) is 32.5 Å². The number of nitrogens with two attached hydrogens (primary N) is 1. The number of pyridine rings is 1. The SMILES string of the molecule is CN(c1ncccc1C(N)=S)C1CCOCC1. The Kier molecular flexibility index (Phi) is 3.91. The van der Waals surface area contributed by atoms with Gasteiger partial charge in [-0.25, -0.2) is 4.98 Å². The molecule has 4 nitrogen and oxygen atoms in total. The third-order valence-corrected chi connectivity index (χ3v) is 3.34. The molecule has 0 bridgehead atoms. The molecule has 0 amide bonds. The highest BCUT2D eigenvalue weighted by molar-refractivity contribution is 7.80. The molecule has 0 aromatic carbocycles. The van der Waals surface area contributed by atoms with Crippen molar-refractivity contribution in [2.75, 3.05) is 25.2 Å². The Morgan fingerprint density at radius 2 is 2.24 bits per heavy atom. The van der Waals surface area contributed by atoms with E-state index in [2.05, 4.69) is 9.88 Å². The fraction of sp³-hybridized carbons (Fsp3) is 0.500. The molecule has 17 heavy (non-hydrogen) atoms. The minimum Gasteiger partial charge on any atom is -0.389 e. The van der Waals surface area contributed by atoms with Gasteiger partial charge < -0.3 is 15.4 Å². The van der Waals surface area contributed by atoms with E-state index in [1.807, 2.05) is 19.2 Å². The van der Waals surface area contributed by atoms with Gasteiger partial charge in [0.25, 0.3) is 0 Å². The molecular formula is C12H17N3OS. The van der Waals surface area contributed by atoms with Crippen molar-refractivity contribution >= 4 is 23.0 Å². The van der Waals surface area contributed by atoms with Crippen molar-refractivity contribution in [1.29, 1.82) is 0 Å². The molecule has 0 atom stereocenters. The number of rotatable bonds is 3. The topological polar surface area (TPSA) is 51.4 Å². The van der Waals surface area contributed by atoms with E-state index < -0.39 is 0 Å². The number of hydrogen-bond acceptors (Lipinski definition) is 4. The summed E-state index contributed by atoms with van der Waals surface area (Å²) >= 11 is 5.06. The Balaban J connectivity index is 2.23. The Bertz CT molecular complexity index is 404. The van der Waals surface area contributed by atoms with Crippen molar-refractivity contribution in [3.05, 3.63) is 23.9 Å². The quantitative estimate of drug-likeness (QED) is 0.821. The molecule has 1 aromatic heterocycles. The fourth-order valence-electron chi connectivity index (χ4n) is 2.12. The third kappa shape index (κ3) is 2.73. The van der Waals surface area contributed by atoms with Crippen LogP contribution in [-0.4, -0.2) is 36.3 Å². The van der Waals surface area contributed by atoms with Crippen LogP contribution in [0.4, 0.5) is 5.82 Å². The average Bonchev–Trinajstić information content (AvgIpc) is 2.39. The first kappa shape index (κ1) is 12.3. The first-order valence-electron chi connectivity index (χ1n) is 5.75. The lowest BCUT2D eigenvalue weighted by Crippen LogP contribution is -2.38. The minimum atomic E-state index is 0.395. The first-order chi connectivity index (χ1) is 8.20. The van der Waals surface area contributed by atoms with Gasteiger partial charge in [0.05, 0.1) is 5.56 Å². The van der Waals surface area contributed by atoms with Crippen molar-refractivity contribution in [2.45, 2.75) is 18.9 Å². The average molecular weight is 251 g/mol. The van der Waals surface area contributed by atoms with Gasteiger partial charge in [-0.3, -0.25) is 0 Å². The van der Waals surface area contributed by atoms with Crippen LogP contribution in [0.25, 0.3) is 0 Å². The molecule has 0 aliphatic carbocycles. The van der Waals surface area contributed by atoms with Gasteiger partial charge in [0.2, 0.25) is 0 Å². The standard InChI is InChI=1S/C12H17N3OS/c1-15(9-4-7-16-8-5-9)12-10(11(13)17)3-2-6-14-12/h2-3,6,9H,4-5,7-8H2,1H3,(H2,13,17). The highest BCUT2D eigenvalue weighted by Gasteiger charge is 2.21. The van der Waals surface area contributed by atoms with Gasteiger partial charge in [0.1, 0.15) is 10.8 Å². The highest BCUT2D eigenvalue weighted by Crippen LogP contribution is 2.22. The van der Waals surface area contributed by atoms with Crippen molar-refractivity contribution in [3.8, 4) is 0 Å². The van der Waals surface area contributed by atoms with E-state index in [9.17, 15) is 0 Å². The zero-order valence-corrected chi connectivity index (χ0v) is 10.7. The minimum absolute atomic E-state index is 0.395. The maximum atomic E-state index is 5.72. The molecule has 2 N–H and O–H groups in total. The number of aromatic nitrogens is 1. The molecule has 5 heteroatoms. The van der Waals surface area contributed by atoms with Gasteiger partial charge in [-0.15, -0.1) is 0 Å². The van der Waals surface area contributed by atoms with Gasteiger partial charge in [-0.2, -0.15) is 0 Å². The molecule has 0 unspecified atom stereocenters. The number of thiocarbonyl (C=S) groups is 1. The van der Waals surface area contributed by atoms with Crippen LogP contribution < -0.4 is 10.6 Å². The van der Waals surface area contributed by atoms with E-state index in [0.717, 1.165) is 37.4 Å². The monoisotopic (exact) mass is 251 g/mol. The van der Waals surface area contributed by atoms with Gasteiger partial charge in [0.15, 0.2) is 0 Å². The van der Waals surface area contributed by atoms with Gasteiger partial charge >= 0.3 is 0 Å². The van der Waals surface area contributed by atoms with Gasteiger partial charge in [-0.05, 0) is 25.0 Å². The molecular weight excluding hydrogens is 234 g/mol. The summed E-state index contributed by atoms with van der Waals surface area (Å²) < 4.78 is 5.37. The molecule has 0 spiro atoms. The van der Waals surface area contributed by atoms with Crippen LogP contribution in [0.5, 0.6) is 0 Å². The van der Waals surface area contributed by atoms with Crippen LogP contribution >= 0.6 is 12.2 Å². The second kappa shape index (κ2) is 5.42. The Hall–Kier alpha value is -1.20. The highest BCUT2D eigenvalue weighted by atomic mass is 32.1. The smallest absolute Gasteiger partial charge is 0.138 e. The molecule has 0 radical (unpaired) electrons. The summed E-state index contributed by atoms with van der Waals surface area (Å²) in [7, 11) is 2.04. The zero-order chi connectivity index (χ0) is 12.3. The van der Waals surface area contributed by atoms with Crippen LogP contribution in [0.3, 0.4) is 0 Å². The molecule has 2 heterocycles. The maximum Gasteiger partial charge on any atom is 0.138 e. The molecule has 1 aromatic rings. The molecule has 1 fully saturated rings. The van der Waals surface area contributed by atoms with Crippen molar-refractivity contribution < 1.29 is 4.74 Å². The first-order valence-corrected chi connectivity index (χ1v) is 6.16. The molecule has 1 aliphatic heterocycles. The molecule has 1 saturated heterocycles. The van der Waals surface area contributed by atoms with E-state index in [1.54, 1.807) is 6.20 Å². The Morgan fingerprint density at radius 3 is 2.88 bits per heavy atom. The molecule has 1 aliphatic rings. The predicted octanol–water partition coefficient (Wildman–Crippen LogP) is 1.33. The number of ether oxygens (including phenoxy) is 1. The lowest BCUT2D eigenvalue weighted by molar-refractivity contribution is 0.0853. The Labute approximate surface area is 107 Å². The van der Waals surface area contributed by atoms with Gasteiger partial charge in [-0.1, -0.05) is 12.2 Å². The lowest BCUT2D eigenvalue weighted by atomic mass is 10.1. The number of nitrogens with zero attached hydrogens (tertiary/aromatic N) is 2. The number of hydrogen-bond donors (Lipinski definition) is 1. The van der Waals surface area contributed by atoms with Crippen LogP contribution in [0.2, 0.25) is 0 Å². The van der Waals surface area contributed by atoms with E-state index >= 15 is 0 Å². The van der Waals surface area contributed by atoms with E-state index in [0.29, 0.717) is 11.0 Å². The van der Waals surface area contributed by atoms with Crippen LogP contribution in [0.15, 0.2) is 18.3 Å². The third-order valence-electron chi connectivity index (χ3n) is 3.12. The number of anilines is 1. The molecule has 92 valence electrons. The summed E-state index contributed by atoms with van der Waals surface area (Å²) in [4.78, 5) is 6.95. The fourth-order valence-corrected chi connectivity index (χ4v) is 2.28. The Morgan fingerprint density at radius 1 is 1.53 bits per heavy atom. The van der Waals surface area contributed by atoms with E-state index in [4.69, 9.17) is 22.7 Å². The summed E-state index contributed by atoms with van der Waals surface area (Å²) in [5.41, 5.74) is 6.57. The van der Waals surface area contributed by atoms with Crippen LogP contribution in [0.1, 0.15) is 18.4 Å². The molecule has 2 rings (SSSR count). The van der Waals surface area contributed by atoms with Crippen molar-refractivity contribution in [1.82, 2.24) is 4.98 Å². The predicted molar refractivity (Wildman–Crippen MR) is 72.4 cm³/mol. The lowest BCUT2D eigenvalue weighted by Gasteiger charge is -2.33. The largest absolute Gasteiger partial charge is 0.389 e. The normalized spacial score (nSPS) is 16.8. The summed E-state index contributed by atoms with van der Waals surface area (Å²) in [5, 5.41) is 0. The molecule has 0 saturated carbocycles. The summed E-state index contributed by atoms with van der Waals surface area (Å²) in [6.45, 7) is 1.62. The maximum absolute atomic E-state index is 5.72. The summed E-state index contributed by atoms with van der Waals surface area (Å²) in [5.74, 6) is 0.868. The van der Waals surface area contributed by atoms with E-state index in [1.165, 1.54) is 0 Å². The van der Waals surface area contributed by atoms with Crippen molar-refractivity contribution in [3.63, 3.8) is 0 Å². The van der Waals surface area contributed by atoms with Crippen LogP contribution in [-0.2, 0) is 4.74 Å². The van der Waals surface area contributed by atoms with E-state index in [-0.39, 0.29) is 0 Å². The zero-order valence-electron chi connectivity index (χ0n) is 9.93. The summed E-state index contributed by atoms with van der Waals surface area (Å²) in [6.07, 6.45) is 3.81. The van der Waals surface area contributed by atoms with Crippen LogP contribution in [0, 0.1) is 0 Å².